The number of hydrogen-bond donors (Lipinski definition) is 1. The summed E-state index contributed by atoms with van der Waals surface area (Å²) in [6, 6.07) is 0. The third-order valence-corrected chi connectivity index (χ3v) is 4.81. The lowest BCUT2D eigenvalue weighted by Crippen LogP contribution is -2.36. The highest BCUT2D eigenvalue weighted by atomic mass is 16.6. The molecule has 0 radical (unpaired) electrons. The summed E-state index contributed by atoms with van der Waals surface area (Å²) in [5.41, 5.74) is 1.58. The molecule has 12 nitrogen and oxygen atoms in total. The second-order valence-electron chi connectivity index (χ2n) is 6.92. The number of carbonyl (C=O) groups is 3. The molecule has 34 heavy (non-hydrogen) atoms. The first kappa shape index (κ1) is 28.6. The fraction of sp³-hybridized carbons (Fsp3) is 0.591. The Labute approximate surface area is 198 Å². The number of aliphatic hydroxyl groups is 1. The molecule has 1 N–H and O–H groups in total. The minimum absolute atomic E-state index is 0. The Bertz CT molecular complexity index is 955. The SMILES string of the molecule is C.C.CCOC(=O)N1CCc2nc(C=O)oc2C1.CCOC(=O)N1CCc2nc(CO)oc2C1. The highest BCUT2D eigenvalue weighted by Gasteiger charge is 2.27. The zero-order valence-electron chi connectivity index (χ0n) is 18.0. The first-order chi connectivity index (χ1) is 15.5. The number of aliphatic hydroxyl groups excluding tert-OH is 1. The van der Waals surface area contributed by atoms with Crippen LogP contribution in [0.1, 0.15) is 68.2 Å². The quantitative estimate of drug-likeness (QED) is 0.645. The summed E-state index contributed by atoms with van der Waals surface area (Å²) < 4.78 is 20.3. The molecule has 2 aliphatic rings. The van der Waals surface area contributed by atoms with Crippen molar-refractivity contribution in [3.63, 3.8) is 0 Å². The normalized spacial score (nSPS) is 13.7. The smallest absolute Gasteiger partial charge is 0.410 e. The van der Waals surface area contributed by atoms with E-state index in [0.29, 0.717) is 75.9 Å². The standard InChI is InChI=1S/C10H14N2O4.C10H12N2O4.2CH4/c2*1-2-15-10(14)12-4-3-7-8(5-12)16-9(6-13)11-7;;/h13H,2-6H2,1H3;6H,2-5H2,1H3;2*1H4. The van der Waals surface area contributed by atoms with Gasteiger partial charge in [-0.1, -0.05) is 14.9 Å². The number of rotatable bonds is 4. The van der Waals surface area contributed by atoms with Gasteiger partial charge >= 0.3 is 12.2 Å². The van der Waals surface area contributed by atoms with Crippen molar-refractivity contribution in [1.29, 1.82) is 0 Å². The molecule has 0 aliphatic carbocycles. The Morgan fingerprint density at radius 1 is 0.941 bits per heavy atom. The summed E-state index contributed by atoms with van der Waals surface area (Å²) in [5, 5.41) is 8.88. The summed E-state index contributed by atoms with van der Waals surface area (Å²) in [6.07, 6.45) is 1.09. The first-order valence-electron chi connectivity index (χ1n) is 10.3. The van der Waals surface area contributed by atoms with Crippen LogP contribution in [-0.4, -0.2) is 69.7 Å². The Hall–Kier alpha value is -3.41. The predicted molar refractivity (Wildman–Crippen MR) is 120 cm³/mol. The van der Waals surface area contributed by atoms with Crippen molar-refractivity contribution in [1.82, 2.24) is 19.8 Å². The van der Waals surface area contributed by atoms with E-state index in [2.05, 4.69) is 9.97 Å². The summed E-state index contributed by atoms with van der Waals surface area (Å²) in [7, 11) is 0. The van der Waals surface area contributed by atoms with Gasteiger partial charge in [-0.25, -0.2) is 19.6 Å². The van der Waals surface area contributed by atoms with Crippen LogP contribution in [0.25, 0.3) is 0 Å². The number of hydrogen-bond acceptors (Lipinski definition) is 10. The van der Waals surface area contributed by atoms with Crippen LogP contribution in [0.2, 0.25) is 0 Å². The maximum atomic E-state index is 11.5. The molecule has 2 aromatic rings. The summed E-state index contributed by atoms with van der Waals surface area (Å²) in [6.45, 7) is 5.80. The van der Waals surface area contributed by atoms with Gasteiger partial charge in [-0.2, -0.15) is 0 Å². The molecule has 0 unspecified atom stereocenters. The van der Waals surface area contributed by atoms with Crippen molar-refractivity contribution in [2.75, 3.05) is 26.3 Å². The molecule has 4 rings (SSSR count). The molecule has 0 saturated heterocycles. The van der Waals surface area contributed by atoms with Gasteiger partial charge in [0, 0.05) is 25.9 Å². The number of nitrogens with zero attached hydrogens (tertiary/aromatic N) is 4. The number of carbonyl (C=O) groups excluding carboxylic acids is 3. The van der Waals surface area contributed by atoms with E-state index in [1.54, 1.807) is 18.7 Å². The fourth-order valence-corrected chi connectivity index (χ4v) is 3.32. The van der Waals surface area contributed by atoms with Crippen molar-refractivity contribution in [2.24, 2.45) is 0 Å². The van der Waals surface area contributed by atoms with Crippen molar-refractivity contribution >= 4 is 18.5 Å². The van der Waals surface area contributed by atoms with Crippen LogP contribution >= 0.6 is 0 Å². The highest BCUT2D eigenvalue weighted by molar-refractivity contribution is 5.69. The van der Waals surface area contributed by atoms with Crippen molar-refractivity contribution in [3.8, 4) is 0 Å². The zero-order valence-corrected chi connectivity index (χ0v) is 18.0. The third-order valence-electron chi connectivity index (χ3n) is 4.81. The molecule has 2 aromatic heterocycles. The zero-order chi connectivity index (χ0) is 23.1. The van der Waals surface area contributed by atoms with E-state index in [0.717, 1.165) is 11.4 Å². The van der Waals surface area contributed by atoms with E-state index in [-0.39, 0.29) is 39.5 Å². The van der Waals surface area contributed by atoms with Crippen LogP contribution in [0.4, 0.5) is 9.59 Å². The summed E-state index contributed by atoms with van der Waals surface area (Å²) in [4.78, 5) is 44.6. The minimum atomic E-state index is -0.364. The molecule has 2 aliphatic heterocycles. The number of aldehydes is 1. The Balaban J connectivity index is 0.000000321. The van der Waals surface area contributed by atoms with Gasteiger partial charge in [0.05, 0.1) is 37.7 Å². The predicted octanol–water partition coefficient (Wildman–Crippen LogP) is 2.96. The van der Waals surface area contributed by atoms with Gasteiger partial charge < -0.3 is 33.2 Å². The molecule has 190 valence electrons. The van der Waals surface area contributed by atoms with Gasteiger partial charge in [0.2, 0.25) is 12.2 Å². The number of fused-ring (bicyclic) bond motifs is 2. The molecule has 0 atom stereocenters. The second kappa shape index (κ2) is 13.3. The number of oxazole rings is 2. The third kappa shape index (κ3) is 6.80. The van der Waals surface area contributed by atoms with Gasteiger partial charge in [-0.15, -0.1) is 0 Å². The van der Waals surface area contributed by atoms with Gasteiger partial charge in [-0.05, 0) is 13.8 Å². The van der Waals surface area contributed by atoms with E-state index in [4.69, 9.17) is 23.4 Å². The van der Waals surface area contributed by atoms with Crippen LogP contribution < -0.4 is 0 Å². The Kier molecular flexibility index (Phi) is 11.2. The van der Waals surface area contributed by atoms with Crippen LogP contribution in [0, 0.1) is 0 Å². The fourth-order valence-electron chi connectivity index (χ4n) is 3.32. The molecular weight excluding hydrogens is 448 g/mol. The molecule has 4 heterocycles. The van der Waals surface area contributed by atoms with Crippen LogP contribution in [-0.2, 0) is 42.0 Å². The van der Waals surface area contributed by atoms with Gasteiger partial charge in [0.1, 0.15) is 18.1 Å². The van der Waals surface area contributed by atoms with E-state index in [1.807, 2.05) is 0 Å². The number of aromatic nitrogens is 2. The van der Waals surface area contributed by atoms with E-state index >= 15 is 0 Å². The van der Waals surface area contributed by atoms with E-state index in [1.165, 1.54) is 4.90 Å². The average molecular weight is 483 g/mol. The molecule has 12 heteroatoms. The topological polar surface area (TPSA) is 148 Å². The highest BCUT2D eigenvalue weighted by Crippen LogP contribution is 2.21. The van der Waals surface area contributed by atoms with Crippen molar-refractivity contribution in [3.05, 3.63) is 34.7 Å². The summed E-state index contributed by atoms with van der Waals surface area (Å²) in [5.74, 6) is 1.58. The monoisotopic (exact) mass is 482 g/mol. The van der Waals surface area contributed by atoms with Crippen LogP contribution in [0.5, 0.6) is 0 Å². The molecule has 0 fully saturated rings. The van der Waals surface area contributed by atoms with Crippen molar-refractivity contribution < 1.29 is 37.8 Å². The molecule has 0 spiro atoms. The van der Waals surface area contributed by atoms with Crippen molar-refractivity contribution in [2.45, 2.75) is 61.2 Å². The average Bonchev–Trinajstić information content (AvgIpc) is 3.42. The minimum Gasteiger partial charge on any atom is -0.450 e. The lowest BCUT2D eigenvalue weighted by Gasteiger charge is -2.24. The van der Waals surface area contributed by atoms with Gasteiger partial charge in [-0.3, -0.25) is 4.79 Å². The van der Waals surface area contributed by atoms with Gasteiger partial charge in [0.15, 0.2) is 0 Å². The summed E-state index contributed by atoms with van der Waals surface area (Å²) >= 11 is 0. The molecule has 0 aromatic carbocycles. The number of amides is 2. The number of ether oxygens (including phenoxy) is 2. The largest absolute Gasteiger partial charge is 0.450 e. The maximum Gasteiger partial charge on any atom is 0.410 e. The molecule has 2 amide bonds. The first-order valence-corrected chi connectivity index (χ1v) is 10.3. The van der Waals surface area contributed by atoms with E-state index in [9.17, 15) is 14.4 Å². The van der Waals surface area contributed by atoms with Crippen LogP contribution in [0.15, 0.2) is 8.83 Å². The lowest BCUT2D eigenvalue weighted by atomic mass is 10.2. The Morgan fingerprint density at radius 2 is 1.44 bits per heavy atom. The van der Waals surface area contributed by atoms with Gasteiger partial charge in [0.25, 0.3) is 5.89 Å². The Morgan fingerprint density at radius 3 is 1.91 bits per heavy atom. The second-order valence-corrected chi connectivity index (χ2v) is 6.92. The maximum absolute atomic E-state index is 11.5. The molecule has 0 saturated carbocycles. The lowest BCUT2D eigenvalue weighted by molar-refractivity contribution is 0.0977. The molecular formula is C22H34N4O8. The van der Waals surface area contributed by atoms with Crippen LogP contribution in [0.3, 0.4) is 0 Å². The molecule has 0 bridgehead atoms. The van der Waals surface area contributed by atoms with E-state index < -0.39 is 0 Å².